The number of hydrogen-bond donors (Lipinski definition) is 2. The van der Waals surface area contributed by atoms with Crippen LogP contribution in [0.4, 0.5) is 5.69 Å². The smallest absolute Gasteiger partial charge is 0.170 e. The van der Waals surface area contributed by atoms with Gasteiger partial charge in [-0.05, 0) is 42.8 Å². The largest absolute Gasteiger partial charge is 0.362 e. The Balaban J connectivity index is 1.66. The summed E-state index contributed by atoms with van der Waals surface area (Å²) in [4.78, 5) is 4.10. The Bertz CT molecular complexity index is 622. The summed E-state index contributed by atoms with van der Waals surface area (Å²) in [5.41, 5.74) is 2.54. The molecule has 0 atom stereocenters. The van der Waals surface area contributed by atoms with Crippen molar-refractivity contribution in [3.05, 3.63) is 60.4 Å². The van der Waals surface area contributed by atoms with E-state index in [1.165, 1.54) is 37.7 Å². The number of hydrogen-bond acceptors (Lipinski definition) is 2. The van der Waals surface area contributed by atoms with Crippen molar-refractivity contribution in [2.24, 2.45) is 0 Å². The van der Waals surface area contributed by atoms with Crippen LogP contribution in [0.5, 0.6) is 0 Å². The summed E-state index contributed by atoms with van der Waals surface area (Å²) in [6.07, 6.45) is 9.90. The molecule has 1 heterocycles. The highest BCUT2D eigenvalue weighted by atomic mass is 32.1. The first-order chi connectivity index (χ1) is 11.3. The lowest BCUT2D eigenvalue weighted by atomic mass is 9.69. The van der Waals surface area contributed by atoms with E-state index in [0.29, 0.717) is 5.11 Å². The number of nitrogens with one attached hydrogen (secondary N) is 2. The van der Waals surface area contributed by atoms with Crippen LogP contribution in [-0.4, -0.2) is 16.6 Å². The van der Waals surface area contributed by atoms with Gasteiger partial charge in [0.15, 0.2) is 5.11 Å². The van der Waals surface area contributed by atoms with Gasteiger partial charge in [0.25, 0.3) is 0 Å². The normalized spacial score (nSPS) is 16.5. The maximum absolute atomic E-state index is 5.45. The van der Waals surface area contributed by atoms with Gasteiger partial charge in [-0.3, -0.25) is 4.98 Å². The van der Waals surface area contributed by atoms with Crippen molar-refractivity contribution in [1.82, 2.24) is 10.3 Å². The molecule has 0 aliphatic heterocycles. The van der Waals surface area contributed by atoms with Gasteiger partial charge in [0.1, 0.15) is 0 Å². The lowest BCUT2D eigenvalue weighted by molar-refractivity contribution is 0.292. The van der Waals surface area contributed by atoms with E-state index in [-0.39, 0.29) is 5.41 Å². The molecule has 0 bridgehead atoms. The van der Waals surface area contributed by atoms with Gasteiger partial charge in [0.05, 0.1) is 11.9 Å². The first-order valence-electron chi connectivity index (χ1n) is 8.29. The molecule has 1 fully saturated rings. The first kappa shape index (κ1) is 15.9. The van der Waals surface area contributed by atoms with Gasteiger partial charge in [0.2, 0.25) is 0 Å². The van der Waals surface area contributed by atoms with E-state index in [9.17, 15) is 0 Å². The Morgan fingerprint density at radius 3 is 2.52 bits per heavy atom. The summed E-state index contributed by atoms with van der Waals surface area (Å²) in [6, 6.07) is 14.7. The molecular formula is C19H23N3S. The van der Waals surface area contributed by atoms with Crippen molar-refractivity contribution in [1.29, 1.82) is 0 Å². The van der Waals surface area contributed by atoms with E-state index < -0.39 is 0 Å². The SMILES string of the molecule is S=C(NCC1(c2ccccc2)CCCCC1)Nc1cccnc1. The average Bonchev–Trinajstić information content (AvgIpc) is 2.62. The quantitative estimate of drug-likeness (QED) is 0.823. The maximum Gasteiger partial charge on any atom is 0.170 e. The van der Waals surface area contributed by atoms with Crippen molar-refractivity contribution in [3.8, 4) is 0 Å². The summed E-state index contributed by atoms with van der Waals surface area (Å²) in [5.74, 6) is 0. The highest BCUT2D eigenvalue weighted by molar-refractivity contribution is 7.80. The number of anilines is 1. The second-order valence-electron chi connectivity index (χ2n) is 6.26. The van der Waals surface area contributed by atoms with Gasteiger partial charge in [0, 0.05) is 18.2 Å². The highest BCUT2D eigenvalue weighted by Gasteiger charge is 2.33. The predicted octanol–water partition coefficient (Wildman–Crippen LogP) is 4.27. The Labute approximate surface area is 143 Å². The molecule has 4 heteroatoms. The molecular weight excluding hydrogens is 302 g/mol. The van der Waals surface area contributed by atoms with Gasteiger partial charge in [-0.25, -0.2) is 0 Å². The van der Waals surface area contributed by atoms with Crippen LogP contribution < -0.4 is 10.6 Å². The molecule has 1 aromatic heterocycles. The van der Waals surface area contributed by atoms with Crippen molar-refractivity contribution < 1.29 is 0 Å². The van der Waals surface area contributed by atoms with Crippen molar-refractivity contribution in [3.63, 3.8) is 0 Å². The average molecular weight is 325 g/mol. The lowest BCUT2D eigenvalue weighted by Crippen LogP contribution is -2.43. The molecule has 2 aromatic rings. The zero-order valence-corrected chi connectivity index (χ0v) is 14.1. The third-order valence-electron chi connectivity index (χ3n) is 4.70. The summed E-state index contributed by atoms with van der Waals surface area (Å²) in [5, 5.41) is 7.31. The number of benzene rings is 1. The van der Waals surface area contributed by atoms with Gasteiger partial charge >= 0.3 is 0 Å². The second-order valence-corrected chi connectivity index (χ2v) is 6.66. The van der Waals surface area contributed by atoms with Gasteiger partial charge in [-0.15, -0.1) is 0 Å². The van der Waals surface area contributed by atoms with E-state index in [2.05, 4.69) is 45.9 Å². The van der Waals surface area contributed by atoms with E-state index in [4.69, 9.17) is 12.2 Å². The minimum atomic E-state index is 0.195. The summed E-state index contributed by atoms with van der Waals surface area (Å²) >= 11 is 5.45. The fraction of sp³-hybridized carbons (Fsp3) is 0.368. The van der Waals surface area contributed by atoms with E-state index in [0.717, 1.165) is 12.2 Å². The van der Waals surface area contributed by atoms with E-state index in [1.807, 2.05) is 12.1 Å². The predicted molar refractivity (Wildman–Crippen MR) is 99.7 cm³/mol. The fourth-order valence-corrected chi connectivity index (χ4v) is 3.64. The minimum Gasteiger partial charge on any atom is -0.362 e. The third kappa shape index (κ3) is 4.08. The monoisotopic (exact) mass is 325 g/mol. The van der Waals surface area contributed by atoms with E-state index in [1.54, 1.807) is 12.4 Å². The van der Waals surface area contributed by atoms with Crippen molar-refractivity contribution >= 4 is 23.0 Å². The van der Waals surface area contributed by atoms with Crippen LogP contribution in [0.2, 0.25) is 0 Å². The van der Waals surface area contributed by atoms with Crippen LogP contribution in [0.1, 0.15) is 37.7 Å². The molecule has 1 aliphatic carbocycles. The fourth-order valence-electron chi connectivity index (χ4n) is 3.45. The minimum absolute atomic E-state index is 0.195. The first-order valence-corrected chi connectivity index (χ1v) is 8.70. The Kier molecular flexibility index (Phi) is 5.23. The molecule has 0 amide bonds. The van der Waals surface area contributed by atoms with Crippen molar-refractivity contribution in [2.75, 3.05) is 11.9 Å². The second kappa shape index (κ2) is 7.55. The van der Waals surface area contributed by atoms with Crippen LogP contribution in [-0.2, 0) is 5.41 Å². The number of thiocarbonyl (C=S) groups is 1. The molecule has 3 nitrogen and oxygen atoms in total. The number of aromatic nitrogens is 1. The molecule has 1 aromatic carbocycles. The zero-order valence-electron chi connectivity index (χ0n) is 13.3. The molecule has 3 rings (SSSR count). The Hall–Kier alpha value is -1.94. The number of rotatable bonds is 4. The van der Waals surface area contributed by atoms with E-state index >= 15 is 0 Å². The number of pyridine rings is 1. The molecule has 0 unspecified atom stereocenters. The summed E-state index contributed by atoms with van der Waals surface area (Å²) in [6.45, 7) is 0.878. The topological polar surface area (TPSA) is 37.0 Å². The molecule has 120 valence electrons. The molecule has 2 N–H and O–H groups in total. The highest BCUT2D eigenvalue weighted by Crippen LogP contribution is 2.38. The Morgan fingerprint density at radius 2 is 1.83 bits per heavy atom. The van der Waals surface area contributed by atoms with Crippen LogP contribution in [0, 0.1) is 0 Å². The standard InChI is InChI=1S/C19H23N3S/c23-18(22-17-10-7-13-20-14-17)21-15-19(11-5-2-6-12-19)16-8-3-1-4-9-16/h1,3-4,7-10,13-14H,2,5-6,11-12,15H2,(H2,21,22,23). The molecule has 0 spiro atoms. The van der Waals surface area contributed by atoms with Crippen LogP contribution in [0.15, 0.2) is 54.9 Å². The molecule has 1 aliphatic rings. The van der Waals surface area contributed by atoms with Crippen LogP contribution >= 0.6 is 12.2 Å². The van der Waals surface area contributed by atoms with Crippen molar-refractivity contribution in [2.45, 2.75) is 37.5 Å². The van der Waals surface area contributed by atoms with Crippen LogP contribution in [0.25, 0.3) is 0 Å². The summed E-state index contributed by atoms with van der Waals surface area (Å²) in [7, 11) is 0. The maximum atomic E-state index is 5.45. The Morgan fingerprint density at radius 1 is 1.04 bits per heavy atom. The van der Waals surface area contributed by atoms with Gasteiger partial charge in [-0.1, -0.05) is 49.6 Å². The number of nitrogens with zero attached hydrogens (tertiary/aromatic N) is 1. The molecule has 0 saturated heterocycles. The molecule has 0 radical (unpaired) electrons. The summed E-state index contributed by atoms with van der Waals surface area (Å²) < 4.78 is 0. The van der Waals surface area contributed by atoms with Crippen LogP contribution in [0.3, 0.4) is 0 Å². The zero-order chi connectivity index (χ0) is 16.0. The molecule has 23 heavy (non-hydrogen) atoms. The third-order valence-corrected chi connectivity index (χ3v) is 4.95. The van der Waals surface area contributed by atoms with Gasteiger partial charge < -0.3 is 10.6 Å². The lowest BCUT2D eigenvalue weighted by Gasteiger charge is -2.38. The van der Waals surface area contributed by atoms with Gasteiger partial charge in [-0.2, -0.15) is 0 Å². The molecule has 1 saturated carbocycles.